The number of ether oxygens (including phenoxy) is 1. The van der Waals surface area contributed by atoms with Crippen molar-refractivity contribution in [1.29, 1.82) is 0 Å². The van der Waals surface area contributed by atoms with Crippen molar-refractivity contribution < 1.29 is 9.53 Å². The Morgan fingerprint density at radius 2 is 1.43 bits per heavy atom. The highest BCUT2D eigenvalue weighted by atomic mass is 16.5. The van der Waals surface area contributed by atoms with E-state index in [0.29, 0.717) is 17.6 Å². The number of carbonyl (C=O) groups is 1. The van der Waals surface area contributed by atoms with Crippen LogP contribution in [0.25, 0.3) is 11.1 Å². The predicted molar refractivity (Wildman–Crippen MR) is 79.4 cm³/mol. The minimum absolute atomic E-state index is 0.216. The van der Waals surface area contributed by atoms with Crippen LogP contribution in [0, 0.1) is 0 Å². The molecule has 0 radical (unpaired) electrons. The second kappa shape index (κ2) is 5.96. The molecule has 0 atom stereocenters. The van der Waals surface area contributed by atoms with E-state index in [1.165, 1.54) is 12.4 Å². The second-order valence-corrected chi connectivity index (χ2v) is 4.41. The molecule has 3 rings (SSSR count). The molecule has 4 heteroatoms. The smallest absolute Gasteiger partial charge is 0.321 e. The first-order valence-corrected chi connectivity index (χ1v) is 6.46. The summed E-state index contributed by atoms with van der Waals surface area (Å²) < 4.78 is 5.53. The summed E-state index contributed by atoms with van der Waals surface area (Å²) >= 11 is 0. The maximum absolute atomic E-state index is 10.5. The zero-order chi connectivity index (χ0) is 14.5. The molecule has 0 amide bonds. The van der Waals surface area contributed by atoms with Gasteiger partial charge in [0.05, 0.1) is 5.56 Å². The molecule has 0 spiro atoms. The van der Waals surface area contributed by atoms with E-state index in [0.717, 1.165) is 11.1 Å². The summed E-state index contributed by atoms with van der Waals surface area (Å²) in [6.45, 7) is 0. The number of aromatic nitrogens is 2. The predicted octanol–water partition coefficient (Wildman–Crippen LogP) is 3.75. The molecular formula is C17H12N2O2. The van der Waals surface area contributed by atoms with Crippen LogP contribution < -0.4 is 4.74 Å². The molecule has 0 N–H and O–H groups in total. The summed E-state index contributed by atoms with van der Waals surface area (Å²) in [6.07, 6.45) is 3.54. The molecule has 0 aliphatic heterocycles. The van der Waals surface area contributed by atoms with E-state index in [9.17, 15) is 4.79 Å². The molecule has 0 saturated heterocycles. The Kier molecular flexibility index (Phi) is 3.69. The molecule has 4 nitrogen and oxygen atoms in total. The van der Waals surface area contributed by atoms with Gasteiger partial charge in [-0.3, -0.25) is 4.79 Å². The molecule has 0 aliphatic rings. The number of benzene rings is 2. The van der Waals surface area contributed by atoms with Crippen LogP contribution in [0.3, 0.4) is 0 Å². The van der Waals surface area contributed by atoms with E-state index in [-0.39, 0.29) is 6.01 Å². The van der Waals surface area contributed by atoms with Gasteiger partial charge in [-0.1, -0.05) is 42.5 Å². The van der Waals surface area contributed by atoms with Crippen molar-refractivity contribution in [2.75, 3.05) is 0 Å². The molecule has 2 aromatic carbocycles. The summed E-state index contributed by atoms with van der Waals surface area (Å²) in [7, 11) is 0. The highest BCUT2D eigenvalue weighted by Crippen LogP contribution is 2.24. The van der Waals surface area contributed by atoms with Crippen molar-refractivity contribution in [3.63, 3.8) is 0 Å². The van der Waals surface area contributed by atoms with Crippen LogP contribution in [0.5, 0.6) is 11.8 Å². The Morgan fingerprint density at radius 3 is 2.05 bits per heavy atom. The van der Waals surface area contributed by atoms with E-state index in [4.69, 9.17) is 4.74 Å². The van der Waals surface area contributed by atoms with Crippen LogP contribution in [0.15, 0.2) is 67.0 Å². The molecule has 102 valence electrons. The van der Waals surface area contributed by atoms with Gasteiger partial charge in [0.25, 0.3) is 0 Å². The first-order chi connectivity index (χ1) is 10.3. The standard InChI is InChI=1S/C17H12N2O2/c20-12-13-10-18-17(19-11-13)21-16-8-6-15(7-9-16)14-4-2-1-3-5-14/h1-12H. The number of carbonyl (C=O) groups excluding carboxylic acids is 1. The zero-order valence-corrected chi connectivity index (χ0v) is 11.1. The minimum atomic E-state index is 0.216. The van der Waals surface area contributed by atoms with Crippen LogP contribution >= 0.6 is 0 Å². The van der Waals surface area contributed by atoms with Gasteiger partial charge < -0.3 is 4.74 Å². The average Bonchev–Trinajstić information content (AvgIpc) is 2.57. The lowest BCUT2D eigenvalue weighted by Crippen LogP contribution is -1.93. The summed E-state index contributed by atoms with van der Waals surface area (Å²) in [5, 5.41) is 0. The topological polar surface area (TPSA) is 52.1 Å². The number of aldehydes is 1. The second-order valence-electron chi connectivity index (χ2n) is 4.41. The molecule has 3 aromatic rings. The third kappa shape index (κ3) is 3.12. The Labute approximate surface area is 122 Å². The monoisotopic (exact) mass is 276 g/mol. The maximum atomic E-state index is 10.5. The molecule has 1 heterocycles. The number of hydrogen-bond donors (Lipinski definition) is 0. The number of rotatable bonds is 4. The van der Waals surface area contributed by atoms with Crippen molar-refractivity contribution in [1.82, 2.24) is 9.97 Å². The summed E-state index contributed by atoms with van der Waals surface area (Å²) in [6, 6.07) is 18.0. The Morgan fingerprint density at radius 1 is 0.810 bits per heavy atom. The highest BCUT2D eigenvalue weighted by molar-refractivity contribution is 5.73. The van der Waals surface area contributed by atoms with Gasteiger partial charge in [-0.2, -0.15) is 0 Å². The van der Waals surface area contributed by atoms with Crippen molar-refractivity contribution in [2.45, 2.75) is 0 Å². The van der Waals surface area contributed by atoms with Crippen molar-refractivity contribution in [2.24, 2.45) is 0 Å². The lowest BCUT2D eigenvalue weighted by Gasteiger charge is -2.05. The Balaban J connectivity index is 1.76. The third-order valence-corrected chi connectivity index (χ3v) is 2.95. The normalized spacial score (nSPS) is 10.1. The first-order valence-electron chi connectivity index (χ1n) is 6.46. The van der Waals surface area contributed by atoms with Gasteiger partial charge in [-0.05, 0) is 23.3 Å². The van der Waals surface area contributed by atoms with Gasteiger partial charge in [0.2, 0.25) is 0 Å². The van der Waals surface area contributed by atoms with Gasteiger partial charge >= 0.3 is 6.01 Å². The molecule has 0 aliphatic carbocycles. The third-order valence-electron chi connectivity index (χ3n) is 2.95. The van der Waals surface area contributed by atoms with Crippen molar-refractivity contribution >= 4 is 6.29 Å². The molecule has 21 heavy (non-hydrogen) atoms. The van der Waals surface area contributed by atoms with E-state index in [1.54, 1.807) is 0 Å². The number of hydrogen-bond acceptors (Lipinski definition) is 4. The zero-order valence-electron chi connectivity index (χ0n) is 11.1. The first kappa shape index (κ1) is 13.0. The fourth-order valence-electron chi connectivity index (χ4n) is 1.89. The summed E-state index contributed by atoms with van der Waals surface area (Å²) in [4.78, 5) is 18.4. The quantitative estimate of drug-likeness (QED) is 0.681. The van der Waals surface area contributed by atoms with E-state index < -0.39 is 0 Å². The molecule has 0 fully saturated rings. The van der Waals surface area contributed by atoms with Gasteiger partial charge in [0.15, 0.2) is 6.29 Å². The van der Waals surface area contributed by atoms with Crippen molar-refractivity contribution in [3.05, 3.63) is 72.6 Å². The SMILES string of the molecule is O=Cc1cnc(Oc2ccc(-c3ccccc3)cc2)nc1. The van der Waals surface area contributed by atoms with Gasteiger partial charge in [0, 0.05) is 12.4 Å². The lowest BCUT2D eigenvalue weighted by molar-refractivity contribution is 0.112. The van der Waals surface area contributed by atoms with Crippen LogP contribution in [-0.4, -0.2) is 16.3 Å². The summed E-state index contributed by atoms with van der Waals surface area (Å²) in [5.41, 5.74) is 2.68. The lowest BCUT2D eigenvalue weighted by atomic mass is 10.1. The molecule has 0 unspecified atom stereocenters. The largest absolute Gasteiger partial charge is 0.424 e. The average molecular weight is 276 g/mol. The fraction of sp³-hybridized carbons (Fsp3) is 0. The summed E-state index contributed by atoms with van der Waals surface area (Å²) in [5.74, 6) is 0.647. The highest BCUT2D eigenvalue weighted by Gasteiger charge is 2.02. The maximum Gasteiger partial charge on any atom is 0.321 e. The van der Waals surface area contributed by atoms with E-state index >= 15 is 0 Å². The van der Waals surface area contributed by atoms with Crippen LogP contribution in [-0.2, 0) is 0 Å². The van der Waals surface area contributed by atoms with Crippen molar-refractivity contribution in [3.8, 4) is 22.9 Å². The van der Waals surface area contributed by atoms with Gasteiger partial charge in [-0.15, -0.1) is 0 Å². The molecule has 0 saturated carbocycles. The van der Waals surface area contributed by atoms with Crippen LogP contribution in [0.4, 0.5) is 0 Å². The van der Waals surface area contributed by atoms with E-state index in [2.05, 4.69) is 22.1 Å². The van der Waals surface area contributed by atoms with Gasteiger partial charge in [-0.25, -0.2) is 9.97 Å². The minimum Gasteiger partial charge on any atom is -0.424 e. The molecular weight excluding hydrogens is 264 g/mol. The number of nitrogens with zero attached hydrogens (tertiary/aromatic N) is 2. The Bertz CT molecular complexity index is 723. The van der Waals surface area contributed by atoms with E-state index in [1.807, 2.05) is 42.5 Å². The van der Waals surface area contributed by atoms with Crippen LogP contribution in [0.1, 0.15) is 10.4 Å². The van der Waals surface area contributed by atoms with Crippen LogP contribution in [0.2, 0.25) is 0 Å². The molecule has 1 aromatic heterocycles. The van der Waals surface area contributed by atoms with Gasteiger partial charge in [0.1, 0.15) is 5.75 Å². The fourth-order valence-corrected chi connectivity index (χ4v) is 1.89. The molecule has 0 bridgehead atoms. The Hall–Kier alpha value is -3.01.